The third-order valence-electron chi connectivity index (χ3n) is 1.89. The van der Waals surface area contributed by atoms with Crippen molar-refractivity contribution in [3.8, 4) is 0 Å². The van der Waals surface area contributed by atoms with Crippen molar-refractivity contribution in [2.45, 2.75) is 0 Å². The van der Waals surface area contributed by atoms with E-state index in [0.717, 1.165) is 21.4 Å². The summed E-state index contributed by atoms with van der Waals surface area (Å²) in [5.74, 6) is 0. The molecule has 1 aromatic carbocycles. The molecule has 0 fully saturated rings. The minimum absolute atomic E-state index is 0.0760. The van der Waals surface area contributed by atoms with Crippen LogP contribution in [0.5, 0.6) is 0 Å². The second-order valence-electron chi connectivity index (χ2n) is 2.77. The zero-order valence-electron chi connectivity index (χ0n) is 7.23. The van der Waals surface area contributed by atoms with Crippen LogP contribution in [0.25, 0.3) is 14.9 Å². The normalized spacial score (nSPS) is 10.1. The number of benzene rings is 1. The molecule has 1 heterocycles. The van der Waals surface area contributed by atoms with Gasteiger partial charge in [0.2, 0.25) is 0 Å². The topological polar surface area (TPSA) is 47.5 Å². The smallest absolute Gasteiger partial charge is 0.258 e. The molecule has 0 N–H and O–H groups in total. The summed E-state index contributed by atoms with van der Waals surface area (Å²) in [6.45, 7) is 6.85. The number of fused-ring (bicyclic) bond motifs is 1. The van der Waals surface area contributed by atoms with Crippen LogP contribution < -0.4 is 0 Å². The Hall–Kier alpha value is -1.45. The van der Waals surface area contributed by atoms with Gasteiger partial charge in [-0.1, -0.05) is 23.5 Å². The summed E-state index contributed by atoms with van der Waals surface area (Å²) >= 11 is 4.26. The highest BCUT2D eigenvalue weighted by atomic mass is 79.9. The van der Waals surface area contributed by atoms with E-state index in [0.29, 0.717) is 10.2 Å². The van der Waals surface area contributed by atoms with Gasteiger partial charge >= 0.3 is 5.00 Å². The summed E-state index contributed by atoms with van der Waals surface area (Å²) in [6, 6.07) is 5.03. The molecule has 6 heteroatoms. The maximum Gasteiger partial charge on any atom is 0.339 e. The summed E-state index contributed by atoms with van der Waals surface area (Å²) in [5, 5.41) is 11.5. The van der Waals surface area contributed by atoms with Crippen molar-refractivity contribution in [1.29, 1.82) is 0 Å². The van der Waals surface area contributed by atoms with Crippen molar-refractivity contribution < 1.29 is 4.92 Å². The van der Waals surface area contributed by atoms with Gasteiger partial charge in [-0.15, -0.1) is 0 Å². The van der Waals surface area contributed by atoms with Crippen LogP contribution in [0.2, 0.25) is 0 Å². The highest BCUT2D eigenvalue weighted by Gasteiger charge is 2.19. The third kappa shape index (κ3) is 1.60. The molecule has 0 amide bonds. The highest BCUT2D eigenvalue weighted by molar-refractivity contribution is 9.10. The van der Waals surface area contributed by atoms with Gasteiger partial charge in [-0.05, 0) is 22.0 Å². The van der Waals surface area contributed by atoms with Crippen molar-refractivity contribution in [3.05, 3.63) is 44.2 Å². The molecule has 0 spiro atoms. The quantitative estimate of drug-likeness (QED) is 0.449. The van der Waals surface area contributed by atoms with Gasteiger partial charge in [0.1, 0.15) is 4.47 Å². The van der Waals surface area contributed by atoms with Crippen LogP contribution in [0.15, 0.2) is 22.7 Å². The maximum absolute atomic E-state index is 10.7. The predicted molar refractivity (Wildman–Crippen MR) is 62.4 cm³/mol. The lowest BCUT2D eigenvalue weighted by atomic mass is 10.2. The summed E-state index contributed by atoms with van der Waals surface area (Å²) < 4.78 is 1.24. The van der Waals surface area contributed by atoms with Gasteiger partial charge in [0, 0.05) is 10.1 Å². The molecule has 74 valence electrons. The highest BCUT2D eigenvalue weighted by Crippen LogP contribution is 2.42. The van der Waals surface area contributed by atoms with Gasteiger partial charge in [0.05, 0.1) is 11.5 Å². The second-order valence-corrected chi connectivity index (χ2v) is 4.59. The summed E-state index contributed by atoms with van der Waals surface area (Å²) in [6.07, 6.45) is 0. The first-order valence-corrected chi connectivity index (χ1v) is 5.48. The lowest BCUT2D eigenvalue weighted by Gasteiger charge is -1.89. The van der Waals surface area contributed by atoms with Crippen molar-refractivity contribution in [3.63, 3.8) is 0 Å². The average molecular weight is 283 g/mol. The number of hydrogen-bond donors (Lipinski definition) is 0. The molecule has 2 aromatic rings. The van der Waals surface area contributed by atoms with E-state index in [9.17, 15) is 10.1 Å². The van der Waals surface area contributed by atoms with Crippen LogP contribution in [0, 0.1) is 16.7 Å². The zero-order valence-corrected chi connectivity index (χ0v) is 9.63. The van der Waals surface area contributed by atoms with Crippen molar-refractivity contribution in [2.24, 2.45) is 0 Å². The van der Waals surface area contributed by atoms with Crippen LogP contribution in [-0.2, 0) is 0 Å². The molecule has 0 saturated heterocycles. The summed E-state index contributed by atoms with van der Waals surface area (Å²) in [7, 11) is 0. The van der Waals surface area contributed by atoms with Crippen molar-refractivity contribution in [1.82, 2.24) is 0 Å². The van der Waals surface area contributed by atoms with E-state index in [1.54, 1.807) is 18.2 Å². The van der Waals surface area contributed by atoms with Crippen LogP contribution >= 0.6 is 27.3 Å². The average Bonchev–Trinajstić information content (AvgIpc) is 2.55. The lowest BCUT2D eigenvalue weighted by Crippen LogP contribution is -1.82. The van der Waals surface area contributed by atoms with E-state index >= 15 is 0 Å². The molecule has 0 aliphatic carbocycles. The molecule has 0 atom stereocenters. The van der Waals surface area contributed by atoms with Gasteiger partial charge in [-0.3, -0.25) is 10.1 Å². The standard InChI is InChI=1S/C9H3BrN2O2S/c1-11-5-2-3-6-7(4-5)15-9(8(6)10)12(13)14/h2-4H. The van der Waals surface area contributed by atoms with Crippen LogP contribution in [0.3, 0.4) is 0 Å². The molecular formula is C9H3BrN2O2S. The molecule has 15 heavy (non-hydrogen) atoms. The Morgan fingerprint density at radius 3 is 2.87 bits per heavy atom. The van der Waals surface area contributed by atoms with Gasteiger partial charge < -0.3 is 0 Å². The molecule has 0 bridgehead atoms. The Kier molecular flexibility index (Phi) is 2.42. The molecule has 0 unspecified atom stereocenters. The van der Waals surface area contributed by atoms with Crippen LogP contribution in [-0.4, -0.2) is 4.92 Å². The Balaban J connectivity index is 2.77. The lowest BCUT2D eigenvalue weighted by molar-refractivity contribution is -0.380. The minimum atomic E-state index is -0.424. The largest absolute Gasteiger partial charge is 0.339 e. The Bertz CT molecular complexity index is 600. The molecule has 0 saturated carbocycles. The monoisotopic (exact) mass is 282 g/mol. The molecule has 2 rings (SSSR count). The van der Waals surface area contributed by atoms with Gasteiger partial charge in [0.15, 0.2) is 5.69 Å². The fourth-order valence-corrected chi connectivity index (χ4v) is 3.03. The van der Waals surface area contributed by atoms with E-state index < -0.39 is 4.92 Å². The van der Waals surface area contributed by atoms with Gasteiger partial charge in [-0.25, -0.2) is 4.85 Å². The Morgan fingerprint density at radius 1 is 1.53 bits per heavy atom. The first-order valence-electron chi connectivity index (χ1n) is 3.87. The molecular weight excluding hydrogens is 280 g/mol. The molecule has 0 aliphatic rings. The number of halogens is 1. The minimum Gasteiger partial charge on any atom is -0.258 e. The van der Waals surface area contributed by atoms with Gasteiger partial charge in [0.25, 0.3) is 0 Å². The first-order chi connectivity index (χ1) is 7.13. The maximum atomic E-state index is 10.7. The second kappa shape index (κ2) is 3.61. The fourth-order valence-electron chi connectivity index (χ4n) is 1.23. The molecule has 1 aromatic heterocycles. The molecule has 0 aliphatic heterocycles. The number of thiophene rings is 1. The van der Waals surface area contributed by atoms with Crippen LogP contribution in [0.1, 0.15) is 0 Å². The predicted octanol–water partition coefficient (Wildman–Crippen LogP) is 4.12. The third-order valence-corrected chi connectivity index (χ3v) is 4.06. The van der Waals surface area contributed by atoms with E-state index in [-0.39, 0.29) is 5.00 Å². The summed E-state index contributed by atoms with van der Waals surface area (Å²) in [4.78, 5) is 13.5. The molecule has 4 nitrogen and oxygen atoms in total. The van der Waals surface area contributed by atoms with Gasteiger partial charge in [-0.2, -0.15) is 0 Å². The zero-order chi connectivity index (χ0) is 11.0. The number of nitrogens with zero attached hydrogens (tertiary/aromatic N) is 2. The molecule has 0 radical (unpaired) electrons. The fraction of sp³-hybridized carbons (Fsp3) is 0. The van der Waals surface area contributed by atoms with Crippen molar-refractivity contribution in [2.75, 3.05) is 0 Å². The number of hydrogen-bond acceptors (Lipinski definition) is 3. The number of rotatable bonds is 1. The summed E-state index contributed by atoms with van der Waals surface area (Å²) in [5.41, 5.74) is 0.492. The number of nitro groups is 1. The van der Waals surface area contributed by atoms with E-state index in [4.69, 9.17) is 6.57 Å². The first kappa shape index (κ1) is 10.1. The SMILES string of the molecule is [C-]#[N+]c1ccc2c(Br)c([N+](=O)[O-])sc2c1. The van der Waals surface area contributed by atoms with Crippen molar-refractivity contribution >= 4 is 48.0 Å². The van der Waals surface area contributed by atoms with Crippen LogP contribution in [0.4, 0.5) is 10.7 Å². The Labute approximate surface area is 97.2 Å². The van der Waals surface area contributed by atoms with E-state index in [1.165, 1.54) is 0 Å². The van der Waals surface area contributed by atoms with E-state index in [2.05, 4.69) is 20.8 Å². The Morgan fingerprint density at radius 2 is 2.27 bits per heavy atom. The van der Waals surface area contributed by atoms with E-state index in [1.807, 2.05) is 0 Å².